The Kier molecular flexibility index (Phi) is 4.96. The number of aromatic nitrogens is 2. The van der Waals surface area contributed by atoms with Gasteiger partial charge in [0.05, 0.1) is 19.3 Å². The Morgan fingerprint density at radius 2 is 2.07 bits per heavy atom. The summed E-state index contributed by atoms with van der Waals surface area (Å²) in [6.45, 7) is 1.17. The number of rotatable bonds is 5. The van der Waals surface area contributed by atoms with Gasteiger partial charge in [0.2, 0.25) is 0 Å². The monoisotopic (exact) mass is 426 g/mol. The molecular formula is C20H19BrN4O2. The van der Waals surface area contributed by atoms with Gasteiger partial charge in [-0.2, -0.15) is 5.10 Å². The molecule has 1 aliphatic heterocycles. The van der Waals surface area contributed by atoms with Crippen LogP contribution in [0, 0.1) is 0 Å². The number of fused-ring (bicyclic) bond motifs is 1. The molecule has 0 radical (unpaired) electrons. The van der Waals surface area contributed by atoms with E-state index in [9.17, 15) is 4.79 Å². The molecular weight excluding hydrogens is 408 g/mol. The standard InChI is InChI=1S/C20H19BrN4O2/c1-27-16-7-5-14(6-8-16)17-10-18-20(26)23-12-19(25(18)24-17)22-11-13-3-2-4-15(21)9-13/h2-10,19,22H,11-12H2,1H3,(H,23,26). The predicted octanol–water partition coefficient (Wildman–Crippen LogP) is 3.35. The smallest absolute Gasteiger partial charge is 0.269 e. The highest BCUT2D eigenvalue weighted by molar-refractivity contribution is 9.10. The highest BCUT2D eigenvalue weighted by Crippen LogP contribution is 2.25. The van der Waals surface area contributed by atoms with Gasteiger partial charge in [-0.05, 0) is 48.0 Å². The summed E-state index contributed by atoms with van der Waals surface area (Å²) in [5, 5.41) is 11.1. The Morgan fingerprint density at radius 3 is 2.81 bits per heavy atom. The first kappa shape index (κ1) is 17.8. The average molecular weight is 427 g/mol. The number of hydrogen-bond donors (Lipinski definition) is 2. The Labute approximate surface area is 165 Å². The quantitative estimate of drug-likeness (QED) is 0.656. The zero-order valence-corrected chi connectivity index (χ0v) is 16.4. The second-order valence-corrected chi connectivity index (χ2v) is 7.24. The number of carbonyl (C=O) groups is 1. The molecule has 1 unspecified atom stereocenters. The van der Waals surface area contributed by atoms with Gasteiger partial charge in [0.1, 0.15) is 17.6 Å². The van der Waals surface area contributed by atoms with Gasteiger partial charge in [-0.1, -0.05) is 28.1 Å². The van der Waals surface area contributed by atoms with E-state index >= 15 is 0 Å². The van der Waals surface area contributed by atoms with Crippen LogP contribution in [0.5, 0.6) is 5.75 Å². The van der Waals surface area contributed by atoms with Crippen molar-refractivity contribution in [2.75, 3.05) is 13.7 Å². The lowest BCUT2D eigenvalue weighted by atomic mass is 10.1. The van der Waals surface area contributed by atoms with E-state index in [1.54, 1.807) is 11.8 Å². The first-order chi connectivity index (χ1) is 13.1. The molecule has 0 bridgehead atoms. The number of nitrogens with one attached hydrogen (secondary N) is 2. The van der Waals surface area contributed by atoms with Crippen molar-refractivity contribution in [2.45, 2.75) is 12.7 Å². The third-order valence-electron chi connectivity index (χ3n) is 4.54. The second kappa shape index (κ2) is 7.54. The Hall–Kier alpha value is -2.64. The van der Waals surface area contributed by atoms with Gasteiger partial charge in [0.25, 0.3) is 5.91 Å². The average Bonchev–Trinajstić information content (AvgIpc) is 3.14. The van der Waals surface area contributed by atoms with E-state index in [1.165, 1.54) is 0 Å². The molecule has 27 heavy (non-hydrogen) atoms. The number of hydrogen-bond acceptors (Lipinski definition) is 4. The minimum atomic E-state index is -0.109. The Bertz CT molecular complexity index is 968. The van der Waals surface area contributed by atoms with Gasteiger partial charge >= 0.3 is 0 Å². The number of benzene rings is 2. The normalized spacial score (nSPS) is 15.9. The molecule has 0 aliphatic carbocycles. The minimum Gasteiger partial charge on any atom is -0.497 e. The minimum absolute atomic E-state index is 0.108. The molecule has 138 valence electrons. The number of halogens is 1. The SMILES string of the molecule is COc1ccc(-c2cc3n(n2)C(NCc2cccc(Br)c2)CNC3=O)cc1. The fraction of sp³-hybridized carbons (Fsp3) is 0.200. The van der Waals surface area contributed by atoms with Gasteiger partial charge in [-0.25, -0.2) is 4.68 Å². The molecule has 1 aromatic heterocycles. The zero-order valence-electron chi connectivity index (χ0n) is 14.8. The van der Waals surface area contributed by atoms with E-state index < -0.39 is 0 Å². The summed E-state index contributed by atoms with van der Waals surface area (Å²) in [6.07, 6.45) is -0.108. The lowest BCUT2D eigenvalue weighted by Gasteiger charge is -2.25. The molecule has 3 aromatic rings. The van der Waals surface area contributed by atoms with Crippen molar-refractivity contribution < 1.29 is 9.53 Å². The summed E-state index contributed by atoms with van der Waals surface area (Å²) in [5.41, 5.74) is 3.42. The summed E-state index contributed by atoms with van der Waals surface area (Å²) in [5.74, 6) is 0.678. The number of carbonyl (C=O) groups excluding carboxylic acids is 1. The molecule has 4 rings (SSSR count). The van der Waals surface area contributed by atoms with Crippen LogP contribution in [0.4, 0.5) is 0 Å². The van der Waals surface area contributed by atoms with Crippen molar-refractivity contribution in [1.82, 2.24) is 20.4 Å². The number of methoxy groups -OCH3 is 1. The van der Waals surface area contributed by atoms with E-state index in [-0.39, 0.29) is 12.1 Å². The van der Waals surface area contributed by atoms with E-state index in [1.807, 2.05) is 42.5 Å². The summed E-state index contributed by atoms with van der Waals surface area (Å²) < 4.78 is 8.02. The highest BCUT2D eigenvalue weighted by atomic mass is 79.9. The van der Waals surface area contributed by atoms with E-state index in [4.69, 9.17) is 4.74 Å². The second-order valence-electron chi connectivity index (χ2n) is 6.32. The lowest BCUT2D eigenvalue weighted by molar-refractivity contribution is 0.0900. The van der Waals surface area contributed by atoms with E-state index in [0.29, 0.717) is 18.8 Å². The Morgan fingerprint density at radius 1 is 1.26 bits per heavy atom. The third-order valence-corrected chi connectivity index (χ3v) is 5.03. The van der Waals surface area contributed by atoms with E-state index in [2.05, 4.69) is 43.8 Å². The predicted molar refractivity (Wildman–Crippen MR) is 107 cm³/mol. The zero-order chi connectivity index (χ0) is 18.8. The van der Waals surface area contributed by atoms with E-state index in [0.717, 1.165) is 27.0 Å². The van der Waals surface area contributed by atoms with Gasteiger partial charge < -0.3 is 10.1 Å². The molecule has 2 aromatic carbocycles. The number of amides is 1. The molecule has 1 aliphatic rings. The van der Waals surface area contributed by atoms with Crippen LogP contribution < -0.4 is 15.4 Å². The number of nitrogens with zero attached hydrogens (tertiary/aromatic N) is 2. The molecule has 7 heteroatoms. The molecule has 1 atom stereocenters. The Balaban J connectivity index is 1.57. The van der Waals surface area contributed by atoms with Gasteiger partial charge in [-0.15, -0.1) is 0 Å². The van der Waals surface area contributed by atoms with Crippen molar-refractivity contribution in [1.29, 1.82) is 0 Å². The van der Waals surface area contributed by atoms with Crippen molar-refractivity contribution >= 4 is 21.8 Å². The maximum absolute atomic E-state index is 12.3. The fourth-order valence-electron chi connectivity index (χ4n) is 3.11. The molecule has 6 nitrogen and oxygen atoms in total. The van der Waals surface area contributed by atoms with Crippen LogP contribution in [0.2, 0.25) is 0 Å². The molecule has 2 N–H and O–H groups in total. The van der Waals surface area contributed by atoms with Crippen molar-refractivity contribution in [3.63, 3.8) is 0 Å². The maximum atomic E-state index is 12.3. The third kappa shape index (κ3) is 3.74. The van der Waals surface area contributed by atoms with Crippen LogP contribution in [0.1, 0.15) is 22.2 Å². The largest absolute Gasteiger partial charge is 0.497 e. The van der Waals surface area contributed by atoms with Crippen LogP contribution >= 0.6 is 15.9 Å². The molecule has 1 amide bonds. The molecule has 0 saturated heterocycles. The molecule has 0 saturated carbocycles. The summed E-state index contributed by atoms with van der Waals surface area (Å²) >= 11 is 3.49. The van der Waals surface area contributed by atoms with Crippen LogP contribution in [0.25, 0.3) is 11.3 Å². The van der Waals surface area contributed by atoms with Gasteiger partial charge in [0, 0.05) is 16.6 Å². The topological polar surface area (TPSA) is 68.2 Å². The van der Waals surface area contributed by atoms with Crippen molar-refractivity contribution in [3.8, 4) is 17.0 Å². The highest BCUT2D eigenvalue weighted by Gasteiger charge is 2.27. The van der Waals surface area contributed by atoms with Crippen LogP contribution in [-0.2, 0) is 6.54 Å². The van der Waals surface area contributed by atoms with Crippen LogP contribution in [-0.4, -0.2) is 29.3 Å². The van der Waals surface area contributed by atoms with Crippen molar-refractivity contribution in [3.05, 3.63) is 70.3 Å². The first-order valence-corrected chi connectivity index (χ1v) is 9.43. The fourth-order valence-corrected chi connectivity index (χ4v) is 3.56. The summed E-state index contributed by atoms with van der Waals surface area (Å²) in [7, 11) is 1.64. The summed E-state index contributed by atoms with van der Waals surface area (Å²) in [4.78, 5) is 12.3. The maximum Gasteiger partial charge on any atom is 0.269 e. The van der Waals surface area contributed by atoms with Gasteiger partial charge in [0.15, 0.2) is 0 Å². The number of ether oxygens (including phenoxy) is 1. The van der Waals surface area contributed by atoms with Crippen LogP contribution in [0.3, 0.4) is 0 Å². The van der Waals surface area contributed by atoms with Crippen molar-refractivity contribution in [2.24, 2.45) is 0 Å². The lowest BCUT2D eigenvalue weighted by Crippen LogP contribution is -2.45. The molecule has 0 spiro atoms. The van der Waals surface area contributed by atoms with Crippen LogP contribution in [0.15, 0.2) is 59.1 Å². The summed E-state index contributed by atoms with van der Waals surface area (Å²) in [6, 6.07) is 17.6. The molecule has 2 heterocycles. The molecule has 0 fully saturated rings. The first-order valence-electron chi connectivity index (χ1n) is 8.64. The van der Waals surface area contributed by atoms with Gasteiger partial charge in [-0.3, -0.25) is 10.1 Å².